The summed E-state index contributed by atoms with van der Waals surface area (Å²) >= 11 is 0. The molecule has 0 radical (unpaired) electrons. The zero-order valence-electron chi connectivity index (χ0n) is 21.1. The first kappa shape index (κ1) is 24.7. The molecule has 0 spiro atoms. The molecule has 0 bridgehead atoms. The maximum absolute atomic E-state index is 13.7. The largest absolute Gasteiger partial charge is 0.497 e. The molecule has 188 valence electrons. The Hall–Kier alpha value is -3.42. The molecule has 35 heavy (non-hydrogen) atoms. The Balaban J connectivity index is 1.69. The molecule has 1 fully saturated rings. The molecule has 3 amide bonds. The monoisotopic (exact) mass is 481 g/mol. The third-order valence-corrected chi connectivity index (χ3v) is 6.72. The van der Waals surface area contributed by atoms with Crippen molar-refractivity contribution in [2.24, 2.45) is 5.92 Å². The fraction of sp³-hybridized carbons (Fsp3) is 0.481. The third kappa shape index (κ3) is 5.31. The lowest BCUT2D eigenvalue weighted by atomic mass is 9.87. The van der Waals surface area contributed by atoms with Crippen LogP contribution in [0.4, 0.5) is 4.79 Å². The number of fused-ring (bicyclic) bond motifs is 1. The number of nitrogens with zero attached hydrogens (tertiary/aromatic N) is 1. The highest BCUT2D eigenvalue weighted by Gasteiger charge is 2.36. The Morgan fingerprint density at radius 1 is 0.971 bits per heavy atom. The van der Waals surface area contributed by atoms with E-state index in [-0.39, 0.29) is 29.9 Å². The van der Waals surface area contributed by atoms with Gasteiger partial charge in [0.05, 0.1) is 27.4 Å². The molecule has 1 aliphatic carbocycles. The first-order valence-electron chi connectivity index (χ1n) is 12.1. The van der Waals surface area contributed by atoms with E-state index in [2.05, 4.69) is 10.6 Å². The third-order valence-electron chi connectivity index (χ3n) is 6.72. The van der Waals surface area contributed by atoms with Gasteiger partial charge in [0, 0.05) is 12.6 Å². The summed E-state index contributed by atoms with van der Waals surface area (Å²) in [5, 5.41) is 6.04. The first-order chi connectivity index (χ1) is 16.9. The Morgan fingerprint density at radius 2 is 1.63 bits per heavy atom. The van der Waals surface area contributed by atoms with Crippen molar-refractivity contribution in [3.8, 4) is 17.2 Å². The van der Waals surface area contributed by atoms with Crippen LogP contribution in [0, 0.1) is 5.92 Å². The number of urea groups is 1. The van der Waals surface area contributed by atoms with Gasteiger partial charge in [-0.1, -0.05) is 26.0 Å². The summed E-state index contributed by atoms with van der Waals surface area (Å²) in [7, 11) is 4.85. The highest BCUT2D eigenvalue weighted by molar-refractivity contribution is 5.88. The number of ether oxygens (including phenoxy) is 3. The summed E-state index contributed by atoms with van der Waals surface area (Å²) in [5.41, 5.74) is 3.01. The number of carbonyl (C=O) groups excluding carboxylic acids is 2. The van der Waals surface area contributed by atoms with Crippen LogP contribution in [0.3, 0.4) is 0 Å². The van der Waals surface area contributed by atoms with E-state index in [9.17, 15) is 9.59 Å². The van der Waals surface area contributed by atoms with Crippen LogP contribution in [0.25, 0.3) is 0 Å². The van der Waals surface area contributed by atoms with Crippen LogP contribution >= 0.6 is 0 Å². The van der Waals surface area contributed by atoms with Crippen molar-refractivity contribution in [1.29, 1.82) is 0 Å². The maximum Gasteiger partial charge on any atom is 0.318 e. The van der Waals surface area contributed by atoms with Crippen LogP contribution in [0.15, 0.2) is 36.4 Å². The molecule has 0 unspecified atom stereocenters. The van der Waals surface area contributed by atoms with E-state index in [1.54, 1.807) is 26.2 Å². The van der Waals surface area contributed by atoms with Crippen molar-refractivity contribution < 1.29 is 23.8 Å². The number of rotatable bonds is 8. The molecule has 8 heteroatoms. The van der Waals surface area contributed by atoms with Gasteiger partial charge in [-0.3, -0.25) is 4.79 Å². The Labute approximate surface area is 206 Å². The summed E-state index contributed by atoms with van der Waals surface area (Å²) < 4.78 is 16.4. The molecule has 2 aliphatic rings. The van der Waals surface area contributed by atoms with Gasteiger partial charge in [-0.25, -0.2) is 4.79 Å². The number of methoxy groups -OCH3 is 3. The number of benzene rings is 2. The van der Waals surface area contributed by atoms with Crippen LogP contribution < -0.4 is 24.8 Å². The number of carbonyl (C=O) groups is 2. The second kappa shape index (κ2) is 10.5. The van der Waals surface area contributed by atoms with E-state index in [4.69, 9.17) is 14.2 Å². The van der Waals surface area contributed by atoms with Gasteiger partial charge >= 0.3 is 6.03 Å². The van der Waals surface area contributed by atoms with Gasteiger partial charge in [0.1, 0.15) is 11.8 Å². The van der Waals surface area contributed by atoms with Crippen LogP contribution in [-0.2, 0) is 11.2 Å². The topological polar surface area (TPSA) is 89.1 Å². The fourth-order valence-corrected chi connectivity index (χ4v) is 4.58. The zero-order valence-corrected chi connectivity index (χ0v) is 21.1. The Bertz CT molecular complexity index is 1070. The zero-order chi connectivity index (χ0) is 25.1. The smallest absolute Gasteiger partial charge is 0.318 e. The van der Waals surface area contributed by atoms with Crippen molar-refractivity contribution in [3.63, 3.8) is 0 Å². The van der Waals surface area contributed by atoms with Crippen molar-refractivity contribution in [2.75, 3.05) is 27.9 Å². The molecule has 1 aliphatic heterocycles. The molecular weight excluding hydrogens is 446 g/mol. The van der Waals surface area contributed by atoms with Crippen LogP contribution in [0.2, 0.25) is 0 Å². The number of amides is 3. The molecule has 1 saturated carbocycles. The van der Waals surface area contributed by atoms with Gasteiger partial charge in [-0.2, -0.15) is 0 Å². The normalized spacial score (nSPS) is 17.9. The molecule has 2 aromatic rings. The van der Waals surface area contributed by atoms with Crippen molar-refractivity contribution in [3.05, 3.63) is 53.1 Å². The van der Waals surface area contributed by atoms with Gasteiger partial charge in [-0.05, 0) is 66.1 Å². The lowest BCUT2D eigenvalue weighted by Crippen LogP contribution is -2.55. The molecule has 2 aromatic carbocycles. The number of nitrogens with one attached hydrogen (secondary N) is 2. The molecule has 2 atom stereocenters. The molecule has 0 aromatic heterocycles. The van der Waals surface area contributed by atoms with E-state index in [1.807, 2.05) is 50.2 Å². The SMILES string of the molecule is COc1ccc([C@H]2c3cc(OC)c(OC)cc3CCN2C(=O)N[C@H](C(=O)NC2CC2)C(C)C)cc1. The lowest BCUT2D eigenvalue weighted by Gasteiger charge is -2.39. The highest BCUT2D eigenvalue weighted by Crippen LogP contribution is 2.41. The average Bonchev–Trinajstić information content (AvgIpc) is 3.69. The van der Waals surface area contributed by atoms with Crippen LogP contribution in [0.5, 0.6) is 17.2 Å². The fourth-order valence-electron chi connectivity index (χ4n) is 4.58. The van der Waals surface area contributed by atoms with E-state index >= 15 is 0 Å². The lowest BCUT2D eigenvalue weighted by molar-refractivity contribution is -0.124. The predicted molar refractivity (Wildman–Crippen MR) is 133 cm³/mol. The van der Waals surface area contributed by atoms with Crippen molar-refractivity contribution in [1.82, 2.24) is 15.5 Å². The maximum atomic E-state index is 13.7. The van der Waals surface area contributed by atoms with Gasteiger partial charge < -0.3 is 29.7 Å². The highest BCUT2D eigenvalue weighted by atomic mass is 16.5. The predicted octanol–water partition coefficient (Wildman–Crippen LogP) is 3.67. The molecule has 2 N–H and O–H groups in total. The minimum Gasteiger partial charge on any atom is -0.497 e. The summed E-state index contributed by atoms with van der Waals surface area (Å²) in [6.07, 6.45) is 2.66. The Morgan fingerprint density at radius 3 is 2.20 bits per heavy atom. The van der Waals surface area contributed by atoms with Gasteiger partial charge in [-0.15, -0.1) is 0 Å². The summed E-state index contributed by atoms with van der Waals surface area (Å²) in [6, 6.07) is 10.6. The van der Waals surface area contributed by atoms with E-state index in [0.29, 0.717) is 24.5 Å². The van der Waals surface area contributed by atoms with Crippen LogP contribution in [-0.4, -0.2) is 56.8 Å². The summed E-state index contributed by atoms with van der Waals surface area (Å²) in [5.74, 6) is 1.84. The van der Waals surface area contributed by atoms with Crippen LogP contribution in [0.1, 0.15) is 49.4 Å². The minimum atomic E-state index is -0.605. The van der Waals surface area contributed by atoms with Crippen molar-refractivity contribution in [2.45, 2.75) is 51.2 Å². The van der Waals surface area contributed by atoms with E-state index in [1.165, 1.54) is 0 Å². The second-order valence-electron chi connectivity index (χ2n) is 9.48. The summed E-state index contributed by atoms with van der Waals surface area (Å²) in [4.78, 5) is 28.3. The Kier molecular flexibility index (Phi) is 7.38. The quantitative estimate of drug-likeness (QED) is 0.601. The first-order valence-corrected chi connectivity index (χ1v) is 12.1. The average molecular weight is 482 g/mol. The standard InChI is InChI=1S/C27H35N3O5/c1-16(2)24(26(31)28-19-8-9-19)29-27(32)30-13-12-18-14-22(34-4)23(35-5)15-21(18)25(30)17-6-10-20(33-3)11-7-17/h6-7,10-11,14-16,19,24-25H,8-9,12-13H2,1-5H3,(H,28,31)(H,29,32)/t24-,25-/m0/s1. The van der Waals surface area contributed by atoms with Gasteiger partial charge in [0.2, 0.25) is 5.91 Å². The molecular formula is C27H35N3O5. The molecule has 4 rings (SSSR count). The van der Waals surface area contributed by atoms with Crippen molar-refractivity contribution >= 4 is 11.9 Å². The molecule has 1 heterocycles. The van der Waals surface area contributed by atoms with Gasteiger partial charge in [0.15, 0.2) is 11.5 Å². The molecule has 0 saturated heterocycles. The molecule has 8 nitrogen and oxygen atoms in total. The summed E-state index contributed by atoms with van der Waals surface area (Å²) in [6.45, 7) is 4.39. The van der Waals surface area contributed by atoms with E-state index < -0.39 is 6.04 Å². The second-order valence-corrected chi connectivity index (χ2v) is 9.48. The number of hydrogen-bond donors (Lipinski definition) is 2. The minimum absolute atomic E-state index is 0.0430. The van der Waals surface area contributed by atoms with E-state index in [0.717, 1.165) is 35.3 Å². The number of hydrogen-bond acceptors (Lipinski definition) is 5. The van der Waals surface area contributed by atoms with Gasteiger partial charge in [0.25, 0.3) is 0 Å².